The van der Waals surface area contributed by atoms with Gasteiger partial charge < -0.3 is 14.6 Å². The highest BCUT2D eigenvalue weighted by molar-refractivity contribution is 7.15. The van der Waals surface area contributed by atoms with Crippen LogP contribution in [0.25, 0.3) is 5.00 Å². The first-order valence-electron chi connectivity index (χ1n) is 8.35. The fourth-order valence-corrected chi connectivity index (χ4v) is 4.36. The van der Waals surface area contributed by atoms with E-state index in [2.05, 4.69) is 14.9 Å². The summed E-state index contributed by atoms with van der Waals surface area (Å²) < 4.78 is 11.8. The van der Waals surface area contributed by atoms with Crippen LogP contribution in [-0.2, 0) is 17.7 Å². The van der Waals surface area contributed by atoms with Gasteiger partial charge in [-0.15, -0.1) is 16.4 Å². The number of nitrogens with zero attached hydrogens (tertiary/aromatic N) is 4. The first-order chi connectivity index (χ1) is 13.6. The minimum atomic E-state index is -1.29. The Hall–Kier alpha value is -2.91. The van der Waals surface area contributed by atoms with E-state index in [-0.39, 0.29) is 6.61 Å². The number of benzene rings is 1. The maximum Gasteiger partial charge on any atom is 0.505 e. The second kappa shape index (κ2) is 7.61. The van der Waals surface area contributed by atoms with Crippen molar-refractivity contribution in [2.24, 2.45) is 4.99 Å². The number of carboxylic acid groups (broad SMARTS) is 1. The highest BCUT2D eigenvalue weighted by Crippen LogP contribution is 2.36. The van der Waals surface area contributed by atoms with E-state index in [1.807, 2.05) is 34.9 Å². The molecule has 2 aromatic heterocycles. The highest BCUT2D eigenvalue weighted by atomic mass is 35.5. The molecule has 0 bridgehead atoms. The normalized spacial score (nSPS) is 12.6. The monoisotopic (exact) mass is 418 g/mol. The molecule has 8 nitrogen and oxygen atoms in total. The van der Waals surface area contributed by atoms with Crippen LogP contribution in [0.1, 0.15) is 21.8 Å². The van der Waals surface area contributed by atoms with E-state index in [4.69, 9.17) is 26.4 Å². The van der Waals surface area contributed by atoms with E-state index in [0.717, 1.165) is 26.7 Å². The van der Waals surface area contributed by atoms with Crippen LogP contribution >= 0.6 is 22.9 Å². The second-order valence-electron chi connectivity index (χ2n) is 5.88. The Kier molecular flexibility index (Phi) is 5.01. The number of carbonyl (C=O) groups is 1. The average Bonchev–Trinajstić information content (AvgIpc) is 3.23. The van der Waals surface area contributed by atoms with E-state index in [1.165, 1.54) is 18.4 Å². The molecule has 1 N–H and O–H groups in total. The Labute approximate surface area is 169 Å². The lowest BCUT2D eigenvalue weighted by Crippen LogP contribution is -2.06. The molecule has 0 saturated carbocycles. The minimum Gasteiger partial charge on any atom is -0.467 e. The number of fused-ring (bicyclic) bond motifs is 3. The quantitative estimate of drug-likeness (QED) is 0.636. The van der Waals surface area contributed by atoms with Gasteiger partial charge in [-0.2, -0.15) is 0 Å². The molecule has 0 aliphatic carbocycles. The molecule has 0 spiro atoms. The third-order valence-electron chi connectivity index (χ3n) is 4.19. The number of hydrogen-bond acceptors (Lipinski definition) is 7. The highest BCUT2D eigenvalue weighted by Gasteiger charge is 2.26. The number of ether oxygens (including phenoxy) is 2. The topological polar surface area (TPSA) is 98.8 Å². The van der Waals surface area contributed by atoms with Crippen LogP contribution < -0.4 is 4.74 Å². The summed E-state index contributed by atoms with van der Waals surface area (Å²) in [6.45, 7) is 0.398. The standard InChI is InChI=1S/C18H15ClN4O4S/c1-26-17-22-21-14-9-20-15(11-4-2-3-5-13(11)19)12-8-10(6-7-27-18(24)25)28-16(12)23(14)17/h2-5,8H,6-7,9H2,1H3,(H,24,25). The minimum absolute atomic E-state index is 0.0689. The molecule has 1 aliphatic rings. The van der Waals surface area contributed by atoms with Gasteiger partial charge in [0.2, 0.25) is 0 Å². The van der Waals surface area contributed by atoms with Gasteiger partial charge in [0.25, 0.3) is 0 Å². The van der Waals surface area contributed by atoms with Crippen molar-refractivity contribution in [2.45, 2.75) is 13.0 Å². The first kappa shape index (κ1) is 18.5. The fraction of sp³-hybridized carbons (Fsp3) is 0.222. The zero-order valence-corrected chi connectivity index (χ0v) is 16.3. The maximum atomic E-state index is 10.6. The van der Waals surface area contributed by atoms with Crippen LogP contribution in [0.15, 0.2) is 35.3 Å². The third-order valence-corrected chi connectivity index (χ3v) is 5.70. The Morgan fingerprint density at radius 3 is 2.89 bits per heavy atom. The van der Waals surface area contributed by atoms with Gasteiger partial charge in [0.1, 0.15) is 11.5 Å². The van der Waals surface area contributed by atoms with Crippen LogP contribution in [0.2, 0.25) is 5.02 Å². The molecule has 10 heteroatoms. The summed E-state index contributed by atoms with van der Waals surface area (Å²) in [5.74, 6) is 0.648. The molecule has 0 fully saturated rings. The van der Waals surface area contributed by atoms with Crippen molar-refractivity contribution in [3.05, 3.63) is 57.2 Å². The smallest absolute Gasteiger partial charge is 0.467 e. The van der Waals surface area contributed by atoms with Gasteiger partial charge in [-0.3, -0.25) is 4.99 Å². The number of methoxy groups -OCH3 is 1. The molecule has 0 saturated heterocycles. The molecule has 1 aliphatic heterocycles. The molecular formula is C18H15ClN4O4S. The van der Waals surface area contributed by atoms with Crippen molar-refractivity contribution in [1.82, 2.24) is 14.8 Å². The van der Waals surface area contributed by atoms with Crippen molar-refractivity contribution in [1.29, 1.82) is 0 Å². The second-order valence-corrected chi connectivity index (χ2v) is 7.40. The Morgan fingerprint density at radius 2 is 2.14 bits per heavy atom. The Morgan fingerprint density at radius 1 is 1.32 bits per heavy atom. The summed E-state index contributed by atoms with van der Waals surface area (Å²) in [7, 11) is 1.53. The average molecular weight is 419 g/mol. The number of thiophene rings is 1. The van der Waals surface area contributed by atoms with Crippen LogP contribution in [0.3, 0.4) is 0 Å². The lowest BCUT2D eigenvalue weighted by atomic mass is 10.0. The van der Waals surface area contributed by atoms with E-state index >= 15 is 0 Å². The molecule has 0 amide bonds. The van der Waals surface area contributed by atoms with E-state index in [9.17, 15) is 4.79 Å². The molecule has 1 aromatic carbocycles. The molecule has 3 heterocycles. The van der Waals surface area contributed by atoms with Gasteiger partial charge in [0.05, 0.1) is 19.4 Å². The third kappa shape index (κ3) is 3.34. The predicted octanol–water partition coefficient (Wildman–Crippen LogP) is 3.58. The van der Waals surface area contributed by atoms with Crippen molar-refractivity contribution >= 4 is 34.8 Å². The summed E-state index contributed by atoms with van der Waals surface area (Å²) in [5, 5.41) is 18.4. The van der Waals surface area contributed by atoms with Crippen molar-refractivity contribution in [3.8, 4) is 11.0 Å². The summed E-state index contributed by atoms with van der Waals surface area (Å²) in [5.41, 5.74) is 2.42. The summed E-state index contributed by atoms with van der Waals surface area (Å²) in [6.07, 6.45) is -0.848. The summed E-state index contributed by atoms with van der Waals surface area (Å²) in [4.78, 5) is 16.3. The molecule has 3 aromatic rings. The number of aliphatic imine (C=N–C) groups is 1. The van der Waals surface area contributed by atoms with Crippen LogP contribution in [0, 0.1) is 0 Å². The van der Waals surface area contributed by atoms with E-state index in [0.29, 0.717) is 29.8 Å². The van der Waals surface area contributed by atoms with Crippen LogP contribution in [0.4, 0.5) is 4.79 Å². The predicted molar refractivity (Wildman–Crippen MR) is 104 cm³/mol. The zero-order chi connectivity index (χ0) is 19.7. The Balaban J connectivity index is 1.83. The molecule has 144 valence electrons. The number of rotatable bonds is 5. The van der Waals surface area contributed by atoms with Gasteiger partial charge in [-0.25, -0.2) is 9.36 Å². The van der Waals surface area contributed by atoms with Gasteiger partial charge in [0, 0.05) is 27.4 Å². The van der Waals surface area contributed by atoms with E-state index < -0.39 is 6.16 Å². The number of aromatic nitrogens is 3. The van der Waals surface area contributed by atoms with Gasteiger partial charge >= 0.3 is 12.2 Å². The van der Waals surface area contributed by atoms with Gasteiger partial charge in [-0.1, -0.05) is 34.9 Å². The molecule has 4 rings (SSSR count). The van der Waals surface area contributed by atoms with Crippen LogP contribution in [-0.4, -0.2) is 45.5 Å². The van der Waals surface area contributed by atoms with Gasteiger partial charge in [-0.05, 0) is 12.1 Å². The SMILES string of the molecule is COc1nnc2n1-c1sc(CCOC(=O)O)cc1C(c1ccccc1Cl)=NC2. The Bertz CT molecular complexity index is 1080. The van der Waals surface area contributed by atoms with Gasteiger partial charge in [0.15, 0.2) is 5.82 Å². The largest absolute Gasteiger partial charge is 0.505 e. The molecule has 28 heavy (non-hydrogen) atoms. The summed E-state index contributed by atoms with van der Waals surface area (Å²) in [6, 6.07) is 9.84. The zero-order valence-electron chi connectivity index (χ0n) is 14.8. The van der Waals surface area contributed by atoms with Crippen molar-refractivity contribution in [2.75, 3.05) is 13.7 Å². The fourth-order valence-electron chi connectivity index (χ4n) is 2.99. The van der Waals surface area contributed by atoms with E-state index in [1.54, 1.807) is 0 Å². The lowest BCUT2D eigenvalue weighted by molar-refractivity contribution is 0.0929. The molecule has 0 unspecified atom stereocenters. The first-order valence-corrected chi connectivity index (χ1v) is 9.54. The lowest BCUT2D eigenvalue weighted by Gasteiger charge is -2.09. The molecule has 0 radical (unpaired) electrons. The maximum absolute atomic E-state index is 10.6. The molecule has 0 atom stereocenters. The van der Waals surface area contributed by atoms with Crippen molar-refractivity contribution in [3.63, 3.8) is 0 Å². The number of hydrogen-bond donors (Lipinski definition) is 1. The van der Waals surface area contributed by atoms with Crippen LogP contribution in [0.5, 0.6) is 6.01 Å². The number of halogens is 1. The summed E-state index contributed by atoms with van der Waals surface area (Å²) >= 11 is 7.91. The molecular weight excluding hydrogens is 404 g/mol. The van der Waals surface area contributed by atoms with Crippen molar-refractivity contribution < 1.29 is 19.4 Å².